The highest BCUT2D eigenvalue weighted by Gasteiger charge is 2.16. The van der Waals surface area contributed by atoms with Crippen LogP contribution in [-0.4, -0.2) is 28.0 Å². The van der Waals surface area contributed by atoms with E-state index in [9.17, 15) is 0 Å². The maximum atomic E-state index is 5.20. The maximum absolute atomic E-state index is 5.20. The fourth-order valence-electron chi connectivity index (χ4n) is 1.15. The average Bonchev–Trinajstić information content (AvgIpc) is 2.59. The molecule has 0 radical (unpaired) electrons. The normalized spacial score (nSPS) is 25.4. The quantitative estimate of drug-likeness (QED) is 0.559. The molecular weight excluding hydrogens is 130 g/mol. The Labute approximate surface area is 58.8 Å². The molecule has 1 fully saturated rings. The molecule has 1 aromatic heterocycles. The zero-order valence-corrected chi connectivity index (χ0v) is 5.60. The van der Waals surface area contributed by atoms with Gasteiger partial charge in [-0.2, -0.15) is 0 Å². The number of hydrogen-bond donors (Lipinski definition) is 0. The van der Waals surface area contributed by atoms with Crippen molar-refractivity contribution in [2.75, 3.05) is 13.2 Å². The van der Waals surface area contributed by atoms with Crippen LogP contribution in [-0.2, 0) is 4.74 Å². The van der Waals surface area contributed by atoms with E-state index in [0.717, 1.165) is 19.6 Å². The van der Waals surface area contributed by atoms with Crippen LogP contribution in [0.2, 0.25) is 0 Å². The first-order chi connectivity index (χ1) is 4.97. The lowest BCUT2D eigenvalue weighted by Crippen LogP contribution is -2.05. The Morgan fingerprint density at radius 1 is 1.40 bits per heavy atom. The van der Waals surface area contributed by atoms with Gasteiger partial charge in [-0.3, -0.25) is 0 Å². The van der Waals surface area contributed by atoms with Crippen molar-refractivity contribution in [1.29, 1.82) is 0 Å². The molecule has 1 aliphatic rings. The first-order valence-electron chi connectivity index (χ1n) is 3.38. The van der Waals surface area contributed by atoms with Gasteiger partial charge in [-0.25, -0.2) is 0 Å². The first-order valence-corrected chi connectivity index (χ1v) is 3.38. The second-order valence-electron chi connectivity index (χ2n) is 2.43. The summed E-state index contributed by atoms with van der Waals surface area (Å²) in [7, 11) is 0. The van der Waals surface area contributed by atoms with Crippen molar-refractivity contribution >= 4 is 0 Å². The van der Waals surface area contributed by atoms with Crippen LogP contribution in [0, 0.1) is 0 Å². The van der Waals surface area contributed by atoms with E-state index in [1.807, 2.05) is 4.57 Å². The third-order valence-electron chi connectivity index (χ3n) is 1.76. The number of hydrogen-bond acceptors (Lipinski definition) is 3. The summed E-state index contributed by atoms with van der Waals surface area (Å²) in [6, 6.07) is 0.468. The van der Waals surface area contributed by atoms with E-state index >= 15 is 0 Å². The van der Waals surface area contributed by atoms with E-state index in [4.69, 9.17) is 4.74 Å². The molecule has 0 spiro atoms. The van der Waals surface area contributed by atoms with Gasteiger partial charge in [0.25, 0.3) is 0 Å². The van der Waals surface area contributed by atoms with E-state index < -0.39 is 0 Å². The molecule has 0 aliphatic carbocycles. The van der Waals surface area contributed by atoms with Crippen LogP contribution in [0.4, 0.5) is 0 Å². The van der Waals surface area contributed by atoms with Crippen LogP contribution in [0.3, 0.4) is 0 Å². The molecule has 54 valence electrons. The van der Waals surface area contributed by atoms with Crippen molar-refractivity contribution in [2.45, 2.75) is 12.5 Å². The van der Waals surface area contributed by atoms with E-state index in [-0.39, 0.29) is 0 Å². The minimum absolute atomic E-state index is 0.468. The lowest BCUT2D eigenvalue weighted by atomic mass is 10.3. The second-order valence-corrected chi connectivity index (χ2v) is 2.43. The van der Waals surface area contributed by atoms with E-state index in [1.165, 1.54) is 0 Å². The molecule has 1 atom stereocenters. The van der Waals surface area contributed by atoms with Gasteiger partial charge in [0.15, 0.2) is 0 Å². The number of nitrogens with zero attached hydrogens (tertiary/aromatic N) is 3. The number of ether oxygens (including phenoxy) is 1. The van der Waals surface area contributed by atoms with Crippen LogP contribution < -0.4 is 0 Å². The molecule has 0 aromatic carbocycles. The molecule has 1 saturated heterocycles. The summed E-state index contributed by atoms with van der Waals surface area (Å²) in [4.78, 5) is 0. The largest absolute Gasteiger partial charge is 0.379 e. The molecule has 4 nitrogen and oxygen atoms in total. The molecule has 0 amide bonds. The fourth-order valence-corrected chi connectivity index (χ4v) is 1.15. The van der Waals surface area contributed by atoms with E-state index in [2.05, 4.69) is 10.2 Å². The molecule has 2 heterocycles. The zero-order valence-electron chi connectivity index (χ0n) is 5.60. The molecule has 10 heavy (non-hydrogen) atoms. The summed E-state index contributed by atoms with van der Waals surface area (Å²) in [6.07, 6.45) is 4.55. The van der Waals surface area contributed by atoms with Gasteiger partial charge in [-0.1, -0.05) is 0 Å². The Kier molecular flexibility index (Phi) is 1.39. The Morgan fingerprint density at radius 3 is 2.80 bits per heavy atom. The third kappa shape index (κ3) is 0.903. The van der Waals surface area contributed by atoms with Gasteiger partial charge in [0.2, 0.25) is 0 Å². The Balaban J connectivity index is 2.12. The van der Waals surface area contributed by atoms with Gasteiger partial charge in [0.05, 0.1) is 12.6 Å². The lowest BCUT2D eigenvalue weighted by Gasteiger charge is -2.05. The summed E-state index contributed by atoms with van der Waals surface area (Å²) in [5, 5.41) is 7.45. The van der Waals surface area contributed by atoms with Gasteiger partial charge in [-0.15, -0.1) is 10.2 Å². The Bertz CT molecular complexity index is 191. The SMILES string of the molecule is c1nncn1C1CCOC1. The molecule has 0 bridgehead atoms. The minimum atomic E-state index is 0.468. The fraction of sp³-hybridized carbons (Fsp3) is 0.667. The van der Waals surface area contributed by atoms with Crippen LogP contribution >= 0.6 is 0 Å². The number of aromatic nitrogens is 3. The smallest absolute Gasteiger partial charge is 0.119 e. The molecule has 1 aliphatic heterocycles. The highest BCUT2D eigenvalue weighted by atomic mass is 16.5. The Hall–Kier alpha value is -0.900. The predicted molar refractivity (Wildman–Crippen MR) is 34.5 cm³/mol. The summed E-state index contributed by atoms with van der Waals surface area (Å²) >= 11 is 0. The van der Waals surface area contributed by atoms with E-state index in [1.54, 1.807) is 12.7 Å². The predicted octanol–water partition coefficient (Wildman–Crippen LogP) is 0.239. The van der Waals surface area contributed by atoms with Crippen molar-refractivity contribution in [3.8, 4) is 0 Å². The highest BCUT2D eigenvalue weighted by Crippen LogP contribution is 2.16. The zero-order chi connectivity index (χ0) is 6.81. The van der Waals surface area contributed by atoms with Gasteiger partial charge in [-0.05, 0) is 6.42 Å². The molecular formula is C6H9N3O. The molecule has 1 unspecified atom stereocenters. The van der Waals surface area contributed by atoms with Crippen LogP contribution in [0.25, 0.3) is 0 Å². The van der Waals surface area contributed by atoms with Crippen molar-refractivity contribution in [1.82, 2.24) is 14.8 Å². The van der Waals surface area contributed by atoms with E-state index in [0.29, 0.717) is 6.04 Å². The molecule has 4 heteroatoms. The summed E-state index contributed by atoms with van der Waals surface area (Å²) in [5.74, 6) is 0. The monoisotopic (exact) mass is 139 g/mol. The molecule has 0 N–H and O–H groups in total. The Morgan fingerprint density at radius 2 is 2.20 bits per heavy atom. The standard InChI is InChI=1S/C6H9N3O/c1-2-10-3-6(1)9-4-7-8-5-9/h4-6H,1-3H2. The van der Waals surface area contributed by atoms with Gasteiger partial charge < -0.3 is 9.30 Å². The van der Waals surface area contributed by atoms with Gasteiger partial charge >= 0.3 is 0 Å². The third-order valence-corrected chi connectivity index (χ3v) is 1.76. The lowest BCUT2D eigenvalue weighted by molar-refractivity contribution is 0.186. The maximum Gasteiger partial charge on any atom is 0.119 e. The van der Waals surface area contributed by atoms with Crippen molar-refractivity contribution in [3.05, 3.63) is 12.7 Å². The topological polar surface area (TPSA) is 39.9 Å². The first kappa shape index (κ1) is 5.85. The number of rotatable bonds is 1. The summed E-state index contributed by atoms with van der Waals surface area (Å²) in [6.45, 7) is 1.67. The van der Waals surface area contributed by atoms with Crippen molar-refractivity contribution in [3.63, 3.8) is 0 Å². The highest BCUT2D eigenvalue weighted by molar-refractivity contribution is 4.75. The average molecular weight is 139 g/mol. The second kappa shape index (κ2) is 2.38. The molecule has 2 rings (SSSR count). The molecule has 0 saturated carbocycles. The van der Waals surface area contributed by atoms with Crippen molar-refractivity contribution in [2.24, 2.45) is 0 Å². The summed E-state index contributed by atoms with van der Waals surface area (Å²) < 4.78 is 7.20. The summed E-state index contributed by atoms with van der Waals surface area (Å²) in [5.41, 5.74) is 0. The minimum Gasteiger partial charge on any atom is -0.379 e. The van der Waals surface area contributed by atoms with Crippen LogP contribution in [0.15, 0.2) is 12.7 Å². The van der Waals surface area contributed by atoms with Gasteiger partial charge in [0, 0.05) is 6.61 Å². The van der Waals surface area contributed by atoms with Crippen molar-refractivity contribution < 1.29 is 4.74 Å². The van der Waals surface area contributed by atoms with Gasteiger partial charge in [0.1, 0.15) is 12.7 Å². The van der Waals surface area contributed by atoms with Crippen LogP contribution in [0.5, 0.6) is 0 Å². The molecule has 1 aromatic rings. The van der Waals surface area contributed by atoms with Crippen LogP contribution in [0.1, 0.15) is 12.5 Å².